The zero-order chi connectivity index (χ0) is 12.4. The third kappa shape index (κ3) is 3.10. The van der Waals surface area contributed by atoms with Gasteiger partial charge in [-0.2, -0.15) is 0 Å². The van der Waals surface area contributed by atoms with Crippen molar-refractivity contribution in [2.24, 2.45) is 11.8 Å². The number of hydrogen-bond donors (Lipinski definition) is 0. The summed E-state index contributed by atoms with van der Waals surface area (Å²) in [6, 6.07) is 6.63. The fourth-order valence-electron chi connectivity index (χ4n) is 3.24. The Morgan fingerprint density at radius 2 is 1.59 bits per heavy atom. The molecule has 1 nitrogen and oxygen atoms in total. The van der Waals surface area contributed by atoms with Crippen molar-refractivity contribution in [3.63, 3.8) is 0 Å². The van der Waals surface area contributed by atoms with Gasteiger partial charge in [0, 0.05) is 19.6 Å². The van der Waals surface area contributed by atoms with Crippen molar-refractivity contribution in [3.8, 4) is 0 Å². The molecule has 2 rings (SSSR count). The van der Waals surface area contributed by atoms with E-state index in [1.54, 1.807) is 0 Å². The van der Waals surface area contributed by atoms with Crippen LogP contribution < -0.4 is 0 Å². The first-order valence-electron chi connectivity index (χ1n) is 6.83. The van der Waals surface area contributed by atoms with Crippen LogP contribution in [0.4, 0.5) is 0 Å². The average molecular weight is 231 g/mol. The van der Waals surface area contributed by atoms with E-state index in [-0.39, 0.29) is 0 Å². The van der Waals surface area contributed by atoms with Crippen LogP contribution in [0, 0.1) is 25.7 Å². The van der Waals surface area contributed by atoms with Crippen LogP contribution in [0.15, 0.2) is 18.2 Å². The standard InChI is InChI=1S/C16H25N/c1-12-8-13(2)10-17(9-12)11-16-14(3)6-5-7-15(16)4/h5-7,12-13H,8-11H2,1-4H3. The molecule has 0 N–H and O–H groups in total. The molecule has 1 heterocycles. The van der Waals surface area contributed by atoms with Gasteiger partial charge in [0.15, 0.2) is 0 Å². The molecule has 0 bridgehead atoms. The Kier molecular flexibility index (Phi) is 3.88. The van der Waals surface area contributed by atoms with Crippen LogP contribution in [0.5, 0.6) is 0 Å². The van der Waals surface area contributed by atoms with Crippen LogP contribution in [-0.2, 0) is 6.54 Å². The molecule has 1 aliphatic heterocycles. The van der Waals surface area contributed by atoms with Crippen LogP contribution >= 0.6 is 0 Å². The summed E-state index contributed by atoms with van der Waals surface area (Å²) >= 11 is 0. The van der Waals surface area contributed by atoms with Crippen molar-refractivity contribution < 1.29 is 0 Å². The third-order valence-electron chi connectivity index (χ3n) is 3.97. The number of nitrogens with zero attached hydrogens (tertiary/aromatic N) is 1. The lowest BCUT2D eigenvalue weighted by atomic mass is 9.91. The zero-order valence-corrected chi connectivity index (χ0v) is 11.7. The lowest BCUT2D eigenvalue weighted by molar-refractivity contribution is 0.134. The lowest BCUT2D eigenvalue weighted by Gasteiger charge is -2.35. The molecule has 1 aromatic carbocycles. The predicted molar refractivity (Wildman–Crippen MR) is 74.1 cm³/mol. The summed E-state index contributed by atoms with van der Waals surface area (Å²) in [6.45, 7) is 12.9. The summed E-state index contributed by atoms with van der Waals surface area (Å²) in [5, 5.41) is 0. The molecule has 1 heteroatoms. The Morgan fingerprint density at radius 3 is 2.12 bits per heavy atom. The van der Waals surface area contributed by atoms with E-state index in [2.05, 4.69) is 50.8 Å². The molecule has 0 radical (unpaired) electrons. The van der Waals surface area contributed by atoms with E-state index in [0.29, 0.717) is 0 Å². The first-order valence-corrected chi connectivity index (χ1v) is 6.83. The molecular formula is C16H25N. The van der Waals surface area contributed by atoms with Gasteiger partial charge in [-0.15, -0.1) is 0 Å². The Bertz CT molecular complexity index is 353. The van der Waals surface area contributed by atoms with Gasteiger partial charge in [0.05, 0.1) is 0 Å². The number of hydrogen-bond acceptors (Lipinski definition) is 1. The molecule has 1 aliphatic rings. The van der Waals surface area contributed by atoms with Gasteiger partial charge in [-0.1, -0.05) is 32.0 Å². The maximum Gasteiger partial charge on any atom is 0.0239 e. The lowest BCUT2D eigenvalue weighted by Crippen LogP contribution is -2.38. The van der Waals surface area contributed by atoms with E-state index >= 15 is 0 Å². The number of rotatable bonds is 2. The van der Waals surface area contributed by atoms with Crippen LogP contribution in [0.2, 0.25) is 0 Å². The smallest absolute Gasteiger partial charge is 0.0239 e. The Hall–Kier alpha value is -0.820. The van der Waals surface area contributed by atoms with Crippen LogP contribution in [-0.4, -0.2) is 18.0 Å². The fourth-order valence-corrected chi connectivity index (χ4v) is 3.24. The molecule has 1 aromatic rings. The minimum Gasteiger partial charge on any atom is -0.299 e. The molecular weight excluding hydrogens is 206 g/mol. The summed E-state index contributed by atoms with van der Waals surface area (Å²) in [7, 11) is 0. The monoisotopic (exact) mass is 231 g/mol. The van der Waals surface area contributed by atoms with Crippen molar-refractivity contribution in [3.05, 3.63) is 34.9 Å². The predicted octanol–water partition coefficient (Wildman–Crippen LogP) is 3.78. The first kappa shape index (κ1) is 12.6. The van der Waals surface area contributed by atoms with Gasteiger partial charge in [-0.05, 0) is 48.8 Å². The van der Waals surface area contributed by atoms with Crippen molar-refractivity contribution >= 4 is 0 Å². The Morgan fingerprint density at radius 1 is 1.06 bits per heavy atom. The zero-order valence-electron chi connectivity index (χ0n) is 11.7. The highest BCUT2D eigenvalue weighted by Crippen LogP contribution is 2.24. The van der Waals surface area contributed by atoms with Gasteiger partial charge in [-0.25, -0.2) is 0 Å². The SMILES string of the molecule is Cc1cccc(C)c1CN1CC(C)CC(C)C1. The highest BCUT2D eigenvalue weighted by atomic mass is 15.1. The normalized spacial score (nSPS) is 26.1. The van der Waals surface area contributed by atoms with E-state index in [4.69, 9.17) is 0 Å². The summed E-state index contributed by atoms with van der Waals surface area (Å²) in [5.41, 5.74) is 4.42. The maximum atomic E-state index is 2.63. The van der Waals surface area contributed by atoms with Gasteiger partial charge >= 0.3 is 0 Å². The van der Waals surface area contributed by atoms with Crippen LogP contribution in [0.25, 0.3) is 0 Å². The second kappa shape index (κ2) is 5.22. The number of likely N-dealkylation sites (tertiary alicyclic amines) is 1. The molecule has 2 atom stereocenters. The van der Waals surface area contributed by atoms with Gasteiger partial charge in [0.25, 0.3) is 0 Å². The van der Waals surface area contributed by atoms with Gasteiger partial charge < -0.3 is 0 Å². The summed E-state index contributed by atoms with van der Waals surface area (Å²) in [4.78, 5) is 2.63. The highest BCUT2D eigenvalue weighted by Gasteiger charge is 2.22. The van der Waals surface area contributed by atoms with Crippen LogP contribution in [0.3, 0.4) is 0 Å². The largest absolute Gasteiger partial charge is 0.299 e. The van der Waals surface area contributed by atoms with E-state index in [1.807, 2.05) is 0 Å². The van der Waals surface area contributed by atoms with Crippen molar-refractivity contribution in [1.29, 1.82) is 0 Å². The molecule has 94 valence electrons. The van der Waals surface area contributed by atoms with Gasteiger partial charge in [0.2, 0.25) is 0 Å². The van der Waals surface area contributed by atoms with E-state index in [1.165, 1.54) is 36.2 Å². The third-order valence-corrected chi connectivity index (χ3v) is 3.97. The molecule has 0 aliphatic carbocycles. The minimum absolute atomic E-state index is 0.850. The molecule has 0 aromatic heterocycles. The molecule has 0 spiro atoms. The summed E-state index contributed by atoms with van der Waals surface area (Å²) in [6.07, 6.45) is 1.39. The second-order valence-electron chi connectivity index (χ2n) is 6.01. The molecule has 1 saturated heterocycles. The van der Waals surface area contributed by atoms with Gasteiger partial charge in [0.1, 0.15) is 0 Å². The highest BCUT2D eigenvalue weighted by molar-refractivity contribution is 5.33. The first-order chi connectivity index (χ1) is 8.06. The molecule has 0 amide bonds. The maximum absolute atomic E-state index is 2.63. The minimum atomic E-state index is 0.850. The van der Waals surface area contributed by atoms with Crippen molar-refractivity contribution in [2.75, 3.05) is 13.1 Å². The molecule has 2 unspecified atom stereocenters. The molecule has 0 saturated carbocycles. The number of piperidine rings is 1. The average Bonchev–Trinajstić information content (AvgIpc) is 2.22. The van der Waals surface area contributed by atoms with Crippen LogP contribution in [0.1, 0.15) is 37.0 Å². The summed E-state index contributed by atoms with van der Waals surface area (Å²) in [5.74, 6) is 1.70. The fraction of sp³-hybridized carbons (Fsp3) is 0.625. The van der Waals surface area contributed by atoms with E-state index < -0.39 is 0 Å². The topological polar surface area (TPSA) is 3.24 Å². The van der Waals surface area contributed by atoms with E-state index in [0.717, 1.165) is 18.4 Å². The number of benzene rings is 1. The van der Waals surface area contributed by atoms with Crippen molar-refractivity contribution in [2.45, 2.75) is 40.7 Å². The molecule has 1 fully saturated rings. The number of aryl methyl sites for hydroxylation is 2. The summed E-state index contributed by atoms with van der Waals surface area (Å²) < 4.78 is 0. The Labute approximate surface area is 106 Å². The molecule has 17 heavy (non-hydrogen) atoms. The quantitative estimate of drug-likeness (QED) is 0.748. The van der Waals surface area contributed by atoms with Gasteiger partial charge in [-0.3, -0.25) is 4.90 Å². The van der Waals surface area contributed by atoms with E-state index in [9.17, 15) is 0 Å². The second-order valence-corrected chi connectivity index (χ2v) is 6.01. The Balaban J connectivity index is 2.10. The van der Waals surface area contributed by atoms with Crippen molar-refractivity contribution in [1.82, 2.24) is 4.90 Å².